The van der Waals surface area contributed by atoms with E-state index in [-0.39, 0.29) is 5.41 Å². The Kier molecular flexibility index (Phi) is 1.42. The monoisotopic (exact) mass is 154 g/mol. The lowest BCUT2D eigenvalue weighted by molar-refractivity contribution is -0.134. The number of hydrogen-bond donors (Lipinski definition) is 1. The molecular weight excluding hydrogens is 140 g/mol. The molecule has 1 atom stereocenters. The fourth-order valence-corrected chi connectivity index (χ4v) is 2.13. The molecule has 0 saturated carbocycles. The third-order valence-electron chi connectivity index (χ3n) is 2.97. The second-order valence-corrected chi connectivity index (χ2v) is 3.68. The van der Waals surface area contributed by atoms with Crippen molar-refractivity contribution in [3.63, 3.8) is 0 Å². The topological polar surface area (TPSA) is 32.3 Å². The molecule has 2 saturated heterocycles. The van der Waals surface area contributed by atoms with Crippen molar-refractivity contribution < 1.29 is 4.79 Å². The van der Waals surface area contributed by atoms with Gasteiger partial charge < -0.3 is 10.2 Å². The van der Waals surface area contributed by atoms with E-state index in [0.29, 0.717) is 5.91 Å². The minimum absolute atomic E-state index is 0.00521. The van der Waals surface area contributed by atoms with Crippen molar-refractivity contribution in [2.24, 2.45) is 5.41 Å². The Morgan fingerprint density at radius 3 is 2.82 bits per heavy atom. The third kappa shape index (κ3) is 0.872. The summed E-state index contributed by atoms with van der Waals surface area (Å²) in [6, 6.07) is 0. The van der Waals surface area contributed by atoms with E-state index >= 15 is 0 Å². The van der Waals surface area contributed by atoms with Crippen LogP contribution in [0.3, 0.4) is 0 Å². The molecule has 3 nitrogen and oxygen atoms in total. The van der Waals surface area contributed by atoms with Gasteiger partial charge in [0.05, 0.1) is 5.41 Å². The van der Waals surface area contributed by atoms with Crippen molar-refractivity contribution in [1.82, 2.24) is 10.2 Å². The van der Waals surface area contributed by atoms with Crippen LogP contribution in [-0.2, 0) is 4.79 Å². The van der Waals surface area contributed by atoms with Gasteiger partial charge in [0.25, 0.3) is 0 Å². The smallest absolute Gasteiger partial charge is 0.229 e. The maximum absolute atomic E-state index is 11.6. The maximum atomic E-state index is 11.6. The molecule has 3 heteroatoms. The quantitative estimate of drug-likeness (QED) is 0.525. The van der Waals surface area contributed by atoms with E-state index in [4.69, 9.17) is 0 Å². The molecular formula is C8H14N2O. The molecule has 1 amide bonds. The van der Waals surface area contributed by atoms with Gasteiger partial charge in [0.15, 0.2) is 0 Å². The van der Waals surface area contributed by atoms with Gasteiger partial charge in [0, 0.05) is 20.1 Å². The number of hydrogen-bond acceptors (Lipinski definition) is 2. The van der Waals surface area contributed by atoms with Gasteiger partial charge in [0.2, 0.25) is 5.91 Å². The predicted octanol–water partition coefficient (Wildman–Crippen LogP) is -0.172. The third-order valence-corrected chi connectivity index (χ3v) is 2.97. The molecule has 1 N–H and O–H groups in total. The van der Waals surface area contributed by atoms with Gasteiger partial charge in [-0.2, -0.15) is 0 Å². The van der Waals surface area contributed by atoms with Crippen LogP contribution in [0.2, 0.25) is 0 Å². The highest BCUT2D eigenvalue weighted by Crippen LogP contribution is 2.36. The van der Waals surface area contributed by atoms with E-state index in [9.17, 15) is 4.79 Å². The predicted molar refractivity (Wildman–Crippen MR) is 42.2 cm³/mol. The summed E-state index contributed by atoms with van der Waals surface area (Å²) in [6.07, 6.45) is 2.09. The minimum atomic E-state index is -0.00521. The maximum Gasteiger partial charge on any atom is 0.229 e. The molecule has 2 fully saturated rings. The normalized spacial score (nSPS) is 37.5. The van der Waals surface area contributed by atoms with Crippen molar-refractivity contribution >= 4 is 5.91 Å². The van der Waals surface area contributed by atoms with Crippen LogP contribution in [0, 0.1) is 5.41 Å². The second kappa shape index (κ2) is 2.21. The van der Waals surface area contributed by atoms with Gasteiger partial charge in [-0.15, -0.1) is 0 Å². The number of amides is 1. The number of carbonyl (C=O) groups excluding carboxylic acids is 1. The van der Waals surface area contributed by atoms with Gasteiger partial charge in [0.1, 0.15) is 0 Å². The minimum Gasteiger partial charge on any atom is -0.345 e. The molecule has 0 aromatic rings. The van der Waals surface area contributed by atoms with Crippen LogP contribution in [0.1, 0.15) is 12.8 Å². The Labute approximate surface area is 66.8 Å². The molecule has 0 bridgehead atoms. The van der Waals surface area contributed by atoms with Gasteiger partial charge in [-0.3, -0.25) is 4.79 Å². The second-order valence-electron chi connectivity index (χ2n) is 3.68. The number of likely N-dealkylation sites (tertiary alicyclic amines) is 1. The highest BCUT2D eigenvalue weighted by Gasteiger charge is 2.46. The Bertz CT molecular complexity index is 185. The molecule has 2 aliphatic heterocycles. The largest absolute Gasteiger partial charge is 0.345 e. The van der Waals surface area contributed by atoms with Crippen molar-refractivity contribution in [2.45, 2.75) is 12.8 Å². The van der Waals surface area contributed by atoms with Gasteiger partial charge in [-0.25, -0.2) is 0 Å². The number of nitrogens with one attached hydrogen (secondary N) is 1. The highest BCUT2D eigenvalue weighted by molar-refractivity contribution is 5.85. The molecule has 2 rings (SSSR count). The lowest BCUT2D eigenvalue weighted by atomic mass is 9.86. The van der Waals surface area contributed by atoms with Crippen molar-refractivity contribution in [1.29, 1.82) is 0 Å². The summed E-state index contributed by atoms with van der Waals surface area (Å²) < 4.78 is 0. The summed E-state index contributed by atoms with van der Waals surface area (Å²) in [5.74, 6) is 0.350. The van der Waals surface area contributed by atoms with E-state index in [1.165, 1.54) is 0 Å². The van der Waals surface area contributed by atoms with Crippen molar-refractivity contribution in [3.8, 4) is 0 Å². The van der Waals surface area contributed by atoms with Gasteiger partial charge in [-0.05, 0) is 19.4 Å². The van der Waals surface area contributed by atoms with E-state index in [0.717, 1.165) is 32.5 Å². The Morgan fingerprint density at radius 2 is 2.36 bits per heavy atom. The van der Waals surface area contributed by atoms with E-state index < -0.39 is 0 Å². The molecule has 0 aromatic heterocycles. The zero-order valence-corrected chi connectivity index (χ0v) is 6.89. The molecule has 1 spiro atoms. The molecule has 0 aromatic carbocycles. The van der Waals surface area contributed by atoms with Crippen LogP contribution in [0.4, 0.5) is 0 Å². The van der Waals surface area contributed by atoms with Gasteiger partial charge in [-0.1, -0.05) is 0 Å². The van der Waals surface area contributed by atoms with E-state index in [1.807, 2.05) is 11.9 Å². The highest BCUT2D eigenvalue weighted by atomic mass is 16.2. The fourth-order valence-electron chi connectivity index (χ4n) is 2.13. The Balaban J connectivity index is 2.20. The van der Waals surface area contributed by atoms with Crippen LogP contribution in [0.15, 0.2) is 0 Å². The summed E-state index contributed by atoms with van der Waals surface area (Å²) in [5, 5.41) is 3.26. The summed E-state index contributed by atoms with van der Waals surface area (Å²) >= 11 is 0. The van der Waals surface area contributed by atoms with E-state index in [2.05, 4.69) is 5.32 Å². The average Bonchev–Trinajstić information content (AvgIpc) is 2.56. The standard InChI is InChI=1S/C8H14N2O/c1-10-5-3-8(7(10)11)2-4-9-6-8/h9H,2-6H2,1H3. The molecule has 0 aliphatic carbocycles. The van der Waals surface area contributed by atoms with Crippen LogP contribution in [0.5, 0.6) is 0 Å². The lowest BCUT2D eigenvalue weighted by Gasteiger charge is -2.18. The SMILES string of the molecule is CN1CCC2(CCNC2)C1=O. The Morgan fingerprint density at radius 1 is 1.55 bits per heavy atom. The fraction of sp³-hybridized carbons (Fsp3) is 0.875. The summed E-state index contributed by atoms with van der Waals surface area (Å²) in [7, 11) is 1.90. The zero-order chi connectivity index (χ0) is 7.90. The molecule has 2 aliphatic rings. The summed E-state index contributed by atoms with van der Waals surface area (Å²) in [4.78, 5) is 13.5. The number of rotatable bonds is 0. The number of carbonyl (C=O) groups is 1. The molecule has 2 heterocycles. The first kappa shape index (κ1) is 7.10. The van der Waals surface area contributed by atoms with Gasteiger partial charge >= 0.3 is 0 Å². The van der Waals surface area contributed by atoms with Crippen molar-refractivity contribution in [3.05, 3.63) is 0 Å². The van der Waals surface area contributed by atoms with Crippen molar-refractivity contribution in [2.75, 3.05) is 26.7 Å². The molecule has 0 radical (unpaired) electrons. The first-order chi connectivity index (χ1) is 5.25. The molecule has 11 heavy (non-hydrogen) atoms. The molecule has 1 unspecified atom stereocenters. The first-order valence-electron chi connectivity index (χ1n) is 4.21. The Hall–Kier alpha value is -0.570. The van der Waals surface area contributed by atoms with Crippen LogP contribution in [0.25, 0.3) is 0 Å². The lowest BCUT2D eigenvalue weighted by Crippen LogP contribution is -2.34. The first-order valence-corrected chi connectivity index (χ1v) is 4.21. The summed E-state index contributed by atoms with van der Waals surface area (Å²) in [5.41, 5.74) is -0.00521. The van der Waals surface area contributed by atoms with E-state index in [1.54, 1.807) is 0 Å². The van der Waals surface area contributed by atoms with Crippen LogP contribution in [-0.4, -0.2) is 37.5 Å². The van der Waals surface area contributed by atoms with Crippen LogP contribution >= 0.6 is 0 Å². The average molecular weight is 154 g/mol. The zero-order valence-electron chi connectivity index (χ0n) is 6.89. The summed E-state index contributed by atoms with van der Waals surface area (Å²) in [6.45, 7) is 2.86. The molecule has 62 valence electrons. The number of nitrogens with zero attached hydrogens (tertiary/aromatic N) is 1. The van der Waals surface area contributed by atoms with Crippen LogP contribution < -0.4 is 5.32 Å².